The Morgan fingerprint density at radius 1 is 1.18 bits per heavy atom. The molecule has 0 saturated carbocycles. The molecule has 1 aromatic carbocycles. The third kappa shape index (κ3) is 5.11. The van der Waals surface area contributed by atoms with Crippen LogP contribution in [-0.2, 0) is 17.9 Å². The van der Waals surface area contributed by atoms with Gasteiger partial charge in [-0.2, -0.15) is 0 Å². The SMILES string of the molecule is CCN(CC)Cc1ccc(CNC(=O)[C@H]2CCCCN2)cc1. The fourth-order valence-electron chi connectivity index (χ4n) is 2.86. The van der Waals surface area contributed by atoms with E-state index in [-0.39, 0.29) is 11.9 Å². The van der Waals surface area contributed by atoms with Gasteiger partial charge in [0.2, 0.25) is 5.91 Å². The van der Waals surface area contributed by atoms with Gasteiger partial charge >= 0.3 is 0 Å². The van der Waals surface area contributed by atoms with Crippen molar-refractivity contribution in [1.29, 1.82) is 0 Å². The molecular weight excluding hydrogens is 274 g/mol. The molecule has 1 heterocycles. The van der Waals surface area contributed by atoms with E-state index in [2.05, 4.69) is 53.6 Å². The number of nitrogens with zero attached hydrogens (tertiary/aromatic N) is 1. The van der Waals surface area contributed by atoms with E-state index in [4.69, 9.17) is 0 Å². The Labute approximate surface area is 134 Å². The fraction of sp³-hybridized carbons (Fsp3) is 0.611. The van der Waals surface area contributed by atoms with E-state index in [9.17, 15) is 4.79 Å². The summed E-state index contributed by atoms with van der Waals surface area (Å²) >= 11 is 0. The Balaban J connectivity index is 1.79. The zero-order valence-electron chi connectivity index (χ0n) is 13.9. The molecule has 1 fully saturated rings. The first-order chi connectivity index (χ1) is 10.7. The summed E-state index contributed by atoms with van der Waals surface area (Å²) in [5, 5.41) is 6.32. The van der Waals surface area contributed by atoms with Gasteiger partial charge in [0.1, 0.15) is 0 Å². The highest BCUT2D eigenvalue weighted by atomic mass is 16.2. The van der Waals surface area contributed by atoms with Crippen LogP contribution in [0.4, 0.5) is 0 Å². The standard InChI is InChI=1S/C18H29N3O/c1-3-21(4-2)14-16-10-8-15(9-11-16)13-20-18(22)17-7-5-6-12-19-17/h8-11,17,19H,3-7,12-14H2,1-2H3,(H,20,22)/t17-/m1/s1. The van der Waals surface area contributed by atoms with Crippen LogP contribution in [0.3, 0.4) is 0 Å². The summed E-state index contributed by atoms with van der Waals surface area (Å²) in [6.45, 7) is 9.08. The molecule has 0 aromatic heterocycles. The van der Waals surface area contributed by atoms with Crippen molar-refractivity contribution in [1.82, 2.24) is 15.5 Å². The van der Waals surface area contributed by atoms with Gasteiger partial charge in [0.15, 0.2) is 0 Å². The van der Waals surface area contributed by atoms with Crippen LogP contribution < -0.4 is 10.6 Å². The fourth-order valence-corrected chi connectivity index (χ4v) is 2.86. The predicted molar refractivity (Wildman–Crippen MR) is 90.6 cm³/mol. The first kappa shape index (κ1) is 17.0. The van der Waals surface area contributed by atoms with Crippen molar-refractivity contribution >= 4 is 5.91 Å². The quantitative estimate of drug-likeness (QED) is 0.812. The Morgan fingerprint density at radius 2 is 1.86 bits per heavy atom. The average molecular weight is 303 g/mol. The number of hydrogen-bond donors (Lipinski definition) is 2. The maximum absolute atomic E-state index is 12.1. The molecule has 1 aliphatic rings. The molecule has 4 heteroatoms. The summed E-state index contributed by atoms with van der Waals surface area (Å²) in [4.78, 5) is 14.5. The maximum atomic E-state index is 12.1. The Hall–Kier alpha value is -1.39. The highest BCUT2D eigenvalue weighted by Gasteiger charge is 2.19. The Morgan fingerprint density at radius 3 is 2.45 bits per heavy atom. The van der Waals surface area contributed by atoms with Crippen LogP contribution in [0.1, 0.15) is 44.2 Å². The van der Waals surface area contributed by atoms with E-state index in [0.29, 0.717) is 6.54 Å². The molecule has 4 nitrogen and oxygen atoms in total. The minimum absolute atomic E-state index is 0.00399. The first-order valence-corrected chi connectivity index (χ1v) is 8.54. The molecule has 2 N–H and O–H groups in total. The van der Waals surface area contributed by atoms with E-state index in [1.165, 1.54) is 12.0 Å². The minimum atomic E-state index is -0.00399. The van der Waals surface area contributed by atoms with E-state index in [1.807, 2.05) is 0 Å². The summed E-state index contributed by atoms with van der Waals surface area (Å²) in [6, 6.07) is 8.56. The number of hydrogen-bond acceptors (Lipinski definition) is 3. The van der Waals surface area contributed by atoms with E-state index >= 15 is 0 Å². The summed E-state index contributed by atoms with van der Waals surface area (Å²) < 4.78 is 0. The lowest BCUT2D eigenvalue weighted by atomic mass is 10.0. The molecule has 0 unspecified atom stereocenters. The molecule has 1 aromatic rings. The lowest BCUT2D eigenvalue weighted by Crippen LogP contribution is -2.46. The topological polar surface area (TPSA) is 44.4 Å². The molecule has 1 aliphatic heterocycles. The molecule has 1 amide bonds. The van der Waals surface area contributed by atoms with Gasteiger partial charge in [0.05, 0.1) is 6.04 Å². The van der Waals surface area contributed by atoms with Crippen LogP contribution in [0.15, 0.2) is 24.3 Å². The zero-order chi connectivity index (χ0) is 15.8. The van der Waals surface area contributed by atoms with Gasteiger partial charge in [0.25, 0.3) is 0 Å². The van der Waals surface area contributed by atoms with Crippen LogP contribution in [0.25, 0.3) is 0 Å². The second-order valence-corrected chi connectivity index (χ2v) is 6.00. The molecule has 0 radical (unpaired) electrons. The molecule has 2 rings (SSSR count). The lowest BCUT2D eigenvalue weighted by molar-refractivity contribution is -0.123. The lowest BCUT2D eigenvalue weighted by Gasteiger charge is -2.22. The number of nitrogens with one attached hydrogen (secondary N) is 2. The second kappa shape index (κ2) is 8.91. The summed E-state index contributed by atoms with van der Waals surface area (Å²) in [6.07, 6.45) is 3.28. The van der Waals surface area contributed by atoms with Crippen molar-refractivity contribution in [2.24, 2.45) is 0 Å². The number of rotatable bonds is 7. The molecule has 0 bridgehead atoms. The van der Waals surface area contributed by atoms with Crippen LogP contribution in [0.5, 0.6) is 0 Å². The number of amides is 1. The molecule has 0 spiro atoms. The van der Waals surface area contributed by atoms with Crippen LogP contribution in [0, 0.1) is 0 Å². The molecule has 122 valence electrons. The van der Waals surface area contributed by atoms with E-state index in [1.54, 1.807) is 0 Å². The summed E-state index contributed by atoms with van der Waals surface area (Å²) in [7, 11) is 0. The Bertz CT molecular complexity index is 448. The number of benzene rings is 1. The molecule has 22 heavy (non-hydrogen) atoms. The van der Waals surface area contributed by atoms with Crippen molar-refractivity contribution in [2.75, 3.05) is 19.6 Å². The third-order valence-electron chi connectivity index (χ3n) is 4.42. The first-order valence-electron chi connectivity index (χ1n) is 8.54. The highest BCUT2D eigenvalue weighted by Crippen LogP contribution is 2.09. The molecule has 1 atom stereocenters. The summed E-state index contributed by atoms with van der Waals surface area (Å²) in [5.41, 5.74) is 2.49. The normalized spacial score (nSPS) is 18.4. The van der Waals surface area contributed by atoms with Gasteiger partial charge in [-0.25, -0.2) is 0 Å². The van der Waals surface area contributed by atoms with Crippen molar-refractivity contribution < 1.29 is 4.79 Å². The largest absolute Gasteiger partial charge is 0.351 e. The highest BCUT2D eigenvalue weighted by molar-refractivity contribution is 5.81. The summed E-state index contributed by atoms with van der Waals surface area (Å²) in [5.74, 6) is 0.131. The monoisotopic (exact) mass is 303 g/mol. The number of carbonyl (C=O) groups excluding carboxylic acids is 1. The van der Waals surface area contributed by atoms with Crippen LogP contribution in [-0.4, -0.2) is 36.5 Å². The molecular formula is C18H29N3O. The van der Waals surface area contributed by atoms with Crippen molar-refractivity contribution in [3.8, 4) is 0 Å². The van der Waals surface area contributed by atoms with Gasteiger partial charge in [-0.1, -0.05) is 44.5 Å². The van der Waals surface area contributed by atoms with Gasteiger partial charge in [-0.05, 0) is 43.6 Å². The smallest absolute Gasteiger partial charge is 0.237 e. The van der Waals surface area contributed by atoms with Gasteiger partial charge in [-0.3, -0.25) is 9.69 Å². The average Bonchev–Trinajstić information content (AvgIpc) is 2.59. The third-order valence-corrected chi connectivity index (χ3v) is 4.42. The van der Waals surface area contributed by atoms with Crippen molar-refractivity contribution in [3.63, 3.8) is 0 Å². The van der Waals surface area contributed by atoms with Crippen LogP contribution in [0.2, 0.25) is 0 Å². The Kier molecular flexibility index (Phi) is 6.87. The predicted octanol–water partition coefficient (Wildman–Crippen LogP) is 2.29. The minimum Gasteiger partial charge on any atom is -0.351 e. The maximum Gasteiger partial charge on any atom is 0.237 e. The van der Waals surface area contributed by atoms with Crippen molar-refractivity contribution in [2.45, 2.75) is 52.2 Å². The zero-order valence-corrected chi connectivity index (χ0v) is 13.9. The van der Waals surface area contributed by atoms with Gasteiger partial charge in [-0.15, -0.1) is 0 Å². The van der Waals surface area contributed by atoms with Crippen molar-refractivity contribution in [3.05, 3.63) is 35.4 Å². The van der Waals surface area contributed by atoms with Gasteiger partial charge < -0.3 is 10.6 Å². The molecule has 0 aliphatic carbocycles. The van der Waals surface area contributed by atoms with Crippen LogP contribution >= 0.6 is 0 Å². The number of piperidine rings is 1. The van der Waals surface area contributed by atoms with E-state index < -0.39 is 0 Å². The van der Waals surface area contributed by atoms with E-state index in [0.717, 1.165) is 44.6 Å². The number of carbonyl (C=O) groups is 1. The molecule has 1 saturated heterocycles. The van der Waals surface area contributed by atoms with Gasteiger partial charge in [0, 0.05) is 13.1 Å². The second-order valence-electron chi connectivity index (χ2n) is 6.00.